The summed E-state index contributed by atoms with van der Waals surface area (Å²) in [5.41, 5.74) is 7.59. The molecule has 0 heteroatoms. The lowest BCUT2D eigenvalue weighted by Crippen LogP contribution is -2.06. The van der Waals surface area contributed by atoms with E-state index in [4.69, 9.17) is 0 Å². The van der Waals surface area contributed by atoms with Crippen molar-refractivity contribution >= 4 is 0 Å². The summed E-state index contributed by atoms with van der Waals surface area (Å²) in [5, 5.41) is 0. The highest BCUT2D eigenvalue weighted by Crippen LogP contribution is 2.32. The molecule has 2 aromatic rings. The first kappa shape index (κ1) is 17.8. The van der Waals surface area contributed by atoms with Crippen molar-refractivity contribution in [1.29, 1.82) is 0 Å². The summed E-state index contributed by atoms with van der Waals surface area (Å²) in [5.74, 6) is 1.31. The SMILES string of the molecule is CCC(C)c1ccccc1Cc1cccc(C)c1C(CC)CC. The standard InChI is InChI=1S/C23H32/c1-6-17(4)22-15-10-9-13-20(22)16-21-14-11-12-18(5)23(21)19(7-2)8-3/h9-15,17,19H,6-8,16H2,1-5H3. The molecule has 2 rings (SSSR count). The minimum Gasteiger partial charge on any atom is -0.0648 e. The molecule has 0 bridgehead atoms. The third-order valence-corrected chi connectivity index (χ3v) is 5.39. The Morgan fingerprint density at radius 1 is 0.783 bits per heavy atom. The van der Waals surface area contributed by atoms with E-state index in [1.165, 1.54) is 41.5 Å². The maximum atomic E-state index is 2.34. The van der Waals surface area contributed by atoms with Gasteiger partial charge in [-0.25, -0.2) is 0 Å². The normalized spacial score (nSPS) is 12.6. The van der Waals surface area contributed by atoms with Crippen molar-refractivity contribution in [2.45, 2.75) is 72.1 Å². The average Bonchev–Trinajstić information content (AvgIpc) is 2.58. The molecule has 0 aliphatic rings. The van der Waals surface area contributed by atoms with E-state index in [-0.39, 0.29) is 0 Å². The fraction of sp³-hybridized carbons (Fsp3) is 0.478. The van der Waals surface area contributed by atoms with Crippen LogP contribution >= 0.6 is 0 Å². The minimum atomic E-state index is 0.632. The molecule has 0 radical (unpaired) electrons. The van der Waals surface area contributed by atoms with Crippen LogP contribution < -0.4 is 0 Å². The highest BCUT2D eigenvalue weighted by molar-refractivity contribution is 5.42. The second kappa shape index (κ2) is 8.34. The van der Waals surface area contributed by atoms with E-state index in [0.717, 1.165) is 6.42 Å². The maximum Gasteiger partial charge on any atom is -0.00200 e. The summed E-state index contributed by atoms with van der Waals surface area (Å²) in [4.78, 5) is 0. The lowest BCUT2D eigenvalue weighted by Gasteiger charge is -2.22. The topological polar surface area (TPSA) is 0 Å². The number of aryl methyl sites for hydroxylation is 1. The molecule has 0 saturated heterocycles. The molecular weight excluding hydrogens is 276 g/mol. The average molecular weight is 309 g/mol. The van der Waals surface area contributed by atoms with Crippen LogP contribution in [0.1, 0.15) is 86.6 Å². The second-order valence-electron chi connectivity index (χ2n) is 6.85. The highest BCUT2D eigenvalue weighted by Gasteiger charge is 2.16. The first-order chi connectivity index (χ1) is 11.1. The van der Waals surface area contributed by atoms with Gasteiger partial charge in [0.15, 0.2) is 0 Å². The molecule has 0 saturated carbocycles. The van der Waals surface area contributed by atoms with Gasteiger partial charge >= 0.3 is 0 Å². The largest absolute Gasteiger partial charge is 0.0648 e. The number of benzene rings is 2. The van der Waals surface area contributed by atoms with E-state index < -0.39 is 0 Å². The molecule has 2 aromatic carbocycles. The Labute approximate surface area is 143 Å². The van der Waals surface area contributed by atoms with Gasteiger partial charge in [0, 0.05) is 0 Å². The quantitative estimate of drug-likeness (QED) is 0.516. The van der Waals surface area contributed by atoms with Crippen LogP contribution in [-0.4, -0.2) is 0 Å². The van der Waals surface area contributed by atoms with E-state index >= 15 is 0 Å². The van der Waals surface area contributed by atoms with Crippen LogP contribution in [0.3, 0.4) is 0 Å². The molecular formula is C23H32. The second-order valence-corrected chi connectivity index (χ2v) is 6.85. The zero-order valence-corrected chi connectivity index (χ0v) is 15.5. The van der Waals surface area contributed by atoms with Gasteiger partial charge in [-0.1, -0.05) is 70.2 Å². The number of hydrogen-bond acceptors (Lipinski definition) is 0. The molecule has 0 amide bonds. The van der Waals surface area contributed by atoms with Gasteiger partial charge < -0.3 is 0 Å². The van der Waals surface area contributed by atoms with E-state index in [1.807, 2.05) is 0 Å². The van der Waals surface area contributed by atoms with E-state index in [9.17, 15) is 0 Å². The van der Waals surface area contributed by atoms with Crippen molar-refractivity contribution in [3.05, 3.63) is 70.3 Å². The van der Waals surface area contributed by atoms with Crippen LogP contribution in [0.15, 0.2) is 42.5 Å². The van der Waals surface area contributed by atoms with Crippen LogP contribution in [0, 0.1) is 6.92 Å². The van der Waals surface area contributed by atoms with Crippen LogP contribution in [0.25, 0.3) is 0 Å². The minimum absolute atomic E-state index is 0.632. The van der Waals surface area contributed by atoms with Crippen LogP contribution in [-0.2, 0) is 6.42 Å². The van der Waals surface area contributed by atoms with Gasteiger partial charge in [0.2, 0.25) is 0 Å². The molecule has 23 heavy (non-hydrogen) atoms. The van der Waals surface area contributed by atoms with Crippen molar-refractivity contribution in [3.63, 3.8) is 0 Å². The van der Waals surface area contributed by atoms with Gasteiger partial charge in [0.1, 0.15) is 0 Å². The van der Waals surface area contributed by atoms with E-state index in [2.05, 4.69) is 77.1 Å². The lowest BCUT2D eigenvalue weighted by molar-refractivity contribution is 0.632. The maximum absolute atomic E-state index is 2.34. The molecule has 124 valence electrons. The van der Waals surface area contributed by atoms with Crippen molar-refractivity contribution in [2.75, 3.05) is 0 Å². The Hall–Kier alpha value is -1.56. The third-order valence-electron chi connectivity index (χ3n) is 5.39. The van der Waals surface area contributed by atoms with Crippen LogP contribution in [0.5, 0.6) is 0 Å². The van der Waals surface area contributed by atoms with Gasteiger partial charge in [0.05, 0.1) is 0 Å². The Balaban J connectivity index is 2.44. The molecule has 0 aliphatic heterocycles. The van der Waals surface area contributed by atoms with Gasteiger partial charge in [-0.2, -0.15) is 0 Å². The van der Waals surface area contributed by atoms with Crippen molar-refractivity contribution < 1.29 is 0 Å². The molecule has 0 N–H and O–H groups in total. The van der Waals surface area contributed by atoms with Crippen LogP contribution in [0.4, 0.5) is 0 Å². The number of rotatable bonds is 7. The molecule has 0 spiro atoms. The fourth-order valence-corrected chi connectivity index (χ4v) is 3.78. The Morgan fingerprint density at radius 2 is 1.43 bits per heavy atom. The molecule has 0 aromatic heterocycles. The molecule has 1 atom stereocenters. The molecule has 0 nitrogen and oxygen atoms in total. The number of hydrogen-bond donors (Lipinski definition) is 0. The summed E-state index contributed by atoms with van der Waals surface area (Å²) < 4.78 is 0. The molecule has 1 unspecified atom stereocenters. The van der Waals surface area contributed by atoms with Gasteiger partial charge in [0.25, 0.3) is 0 Å². The molecule has 0 aliphatic carbocycles. The van der Waals surface area contributed by atoms with Gasteiger partial charge in [-0.05, 0) is 72.3 Å². The van der Waals surface area contributed by atoms with Gasteiger partial charge in [-0.15, -0.1) is 0 Å². The van der Waals surface area contributed by atoms with E-state index in [1.54, 1.807) is 5.56 Å². The summed E-state index contributed by atoms with van der Waals surface area (Å²) >= 11 is 0. The Bertz CT molecular complexity index is 620. The van der Waals surface area contributed by atoms with Gasteiger partial charge in [-0.3, -0.25) is 0 Å². The first-order valence-electron chi connectivity index (χ1n) is 9.28. The van der Waals surface area contributed by atoms with Crippen LogP contribution in [0.2, 0.25) is 0 Å². The summed E-state index contributed by atoms with van der Waals surface area (Å²) in [6.45, 7) is 11.5. The zero-order valence-electron chi connectivity index (χ0n) is 15.5. The summed E-state index contributed by atoms with van der Waals surface area (Å²) in [6.07, 6.45) is 4.71. The van der Waals surface area contributed by atoms with Crippen molar-refractivity contribution in [3.8, 4) is 0 Å². The molecule has 0 heterocycles. The Kier molecular flexibility index (Phi) is 6.45. The monoisotopic (exact) mass is 308 g/mol. The first-order valence-corrected chi connectivity index (χ1v) is 9.28. The smallest absolute Gasteiger partial charge is 0.00200 e. The predicted molar refractivity (Wildman–Crippen MR) is 102 cm³/mol. The summed E-state index contributed by atoms with van der Waals surface area (Å²) in [6, 6.07) is 15.8. The molecule has 0 fully saturated rings. The third kappa shape index (κ3) is 4.05. The van der Waals surface area contributed by atoms with Crippen molar-refractivity contribution in [2.24, 2.45) is 0 Å². The predicted octanol–water partition coefficient (Wildman–Crippen LogP) is 7.00. The van der Waals surface area contributed by atoms with E-state index in [0.29, 0.717) is 11.8 Å². The highest BCUT2D eigenvalue weighted by atomic mass is 14.2. The zero-order chi connectivity index (χ0) is 16.8. The van der Waals surface area contributed by atoms with Crippen molar-refractivity contribution in [1.82, 2.24) is 0 Å². The fourth-order valence-electron chi connectivity index (χ4n) is 3.78. The summed E-state index contributed by atoms with van der Waals surface area (Å²) in [7, 11) is 0. The Morgan fingerprint density at radius 3 is 2.09 bits per heavy atom. The lowest BCUT2D eigenvalue weighted by atomic mass is 9.83.